The van der Waals surface area contributed by atoms with Gasteiger partial charge in [0.25, 0.3) is 5.91 Å². The molecule has 0 N–H and O–H groups in total. The van der Waals surface area contributed by atoms with Gasteiger partial charge in [0.2, 0.25) is 5.75 Å². The summed E-state index contributed by atoms with van der Waals surface area (Å²) in [7, 11) is 6.26. The molecule has 0 atom stereocenters. The van der Waals surface area contributed by atoms with E-state index in [0.29, 0.717) is 35.1 Å². The van der Waals surface area contributed by atoms with Crippen LogP contribution in [0.15, 0.2) is 48.6 Å². The number of amides is 1. The first-order valence-electron chi connectivity index (χ1n) is 9.45. The summed E-state index contributed by atoms with van der Waals surface area (Å²) < 4.78 is 26.3. The molecule has 30 heavy (non-hydrogen) atoms. The van der Waals surface area contributed by atoms with E-state index in [-0.39, 0.29) is 12.0 Å². The molecule has 7 nitrogen and oxygen atoms in total. The molecule has 1 amide bonds. The van der Waals surface area contributed by atoms with E-state index >= 15 is 0 Å². The largest absolute Gasteiger partial charge is 0.493 e. The fourth-order valence-electron chi connectivity index (χ4n) is 2.83. The number of β-lactam (4-membered cyclic amide) rings is 1. The number of nitrogens with zero attached hydrogens (tertiary/aromatic N) is 1. The average Bonchev–Trinajstić information content (AvgIpc) is 2.76. The molecule has 1 fully saturated rings. The second-order valence-corrected chi connectivity index (χ2v) is 6.70. The van der Waals surface area contributed by atoms with Crippen molar-refractivity contribution in [3.05, 3.63) is 48.6 Å². The summed E-state index contributed by atoms with van der Waals surface area (Å²) in [6.07, 6.45) is 0.182. The van der Waals surface area contributed by atoms with Crippen molar-refractivity contribution in [2.75, 3.05) is 39.9 Å². The molecule has 162 valence electrons. The number of benzene rings is 2. The zero-order valence-corrected chi connectivity index (χ0v) is 18.4. The van der Waals surface area contributed by atoms with Gasteiger partial charge in [-0.25, -0.2) is 0 Å². The van der Waals surface area contributed by atoms with E-state index in [1.165, 1.54) is 21.3 Å². The number of carbonyl (C=O) groups is 1. The predicted molar refractivity (Wildman–Crippen MR) is 116 cm³/mol. The molecule has 0 aromatic heterocycles. The standard InChI is InChI=1S/C13H15NO4.C10H14O2/c1-8-7-14(13(8)15)9-5-10(16-2)12(18-4)11(6-9)17-3;1-8(2)12-10-7-5-4-6-9(10)11-3/h5-6H,1,7H2,2-4H3;4-8H,1-3H3. The SMILES string of the molecule is C=C1CN(c2cc(OC)c(OC)c(OC)c2)C1=O.COc1ccccc1OC(C)C. The topological polar surface area (TPSA) is 66.5 Å². The van der Waals surface area contributed by atoms with Crippen LogP contribution in [0.3, 0.4) is 0 Å². The molecule has 0 radical (unpaired) electrons. The fourth-order valence-corrected chi connectivity index (χ4v) is 2.83. The smallest absolute Gasteiger partial charge is 0.255 e. The van der Waals surface area contributed by atoms with Crippen LogP contribution in [0, 0.1) is 0 Å². The van der Waals surface area contributed by atoms with Crippen molar-refractivity contribution in [1.82, 2.24) is 0 Å². The van der Waals surface area contributed by atoms with Crippen LogP contribution < -0.4 is 28.6 Å². The van der Waals surface area contributed by atoms with Gasteiger partial charge < -0.3 is 28.6 Å². The van der Waals surface area contributed by atoms with Crippen LogP contribution in [0.2, 0.25) is 0 Å². The summed E-state index contributed by atoms with van der Waals surface area (Å²) in [6, 6.07) is 11.1. The zero-order chi connectivity index (χ0) is 22.3. The predicted octanol–water partition coefficient (Wildman–Crippen LogP) is 4.10. The number of carbonyl (C=O) groups excluding carboxylic acids is 1. The number of ether oxygens (including phenoxy) is 5. The molecular weight excluding hydrogens is 386 g/mol. The van der Waals surface area contributed by atoms with Gasteiger partial charge in [-0.15, -0.1) is 0 Å². The Labute approximate surface area is 177 Å². The van der Waals surface area contributed by atoms with Crippen LogP contribution >= 0.6 is 0 Å². The van der Waals surface area contributed by atoms with E-state index < -0.39 is 0 Å². The summed E-state index contributed by atoms with van der Waals surface area (Å²) in [5, 5.41) is 0. The number of methoxy groups -OCH3 is 4. The highest BCUT2D eigenvalue weighted by Gasteiger charge is 2.31. The second-order valence-electron chi connectivity index (χ2n) is 6.70. The number of rotatable bonds is 7. The van der Waals surface area contributed by atoms with Crippen molar-refractivity contribution in [2.24, 2.45) is 0 Å². The van der Waals surface area contributed by atoms with Gasteiger partial charge in [-0.2, -0.15) is 0 Å². The Hall–Kier alpha value is -3.35. The van der Waals surface area contributed by atoms with Crippen molar-refractivity contribution in [3.8, 4) is 28.7 Å². The van der Waals surface area contributed by atoms with Gasteiger partial charge in [-0.3, -0.25) is 4.79 Å². The molecule has 2 aromatic carbocycles. The first kappa shape index (κ1) is 22.9. The number of hydrogen-bond acceptors (Lipinski definition) is 6. The molecule has 3 rings (SSSR count). The first-order valence-corrected chi connectivity index (χ1v) is 9.45. The summed E-state index contributed by atoms with van der Waals surface area (Å²) in [4.78, 5) is 13.2. The minimum atomic E-state index is -0.0794. The summed E-state index contributed by atoms with van der Waals surface area (Å²) in [6.45, 7) is 8.17. The number of hydrogen-bond donors (Lipinski definition) is 0. The quantitative estimate of drug-likeness (QED) is 0.501. The van der Waals surface area contributed by atoms with E-state index in [1.54, 1.807) is 24.1 Å². The first-order chi connectivity index (χ1) is 14.4. The van der Waals surface area contributed by atoms with Gasteiger partial charge in [-0.1, -0.05) is 18.7 Å². The maximum atomic E-state index is 11.6. The van der Waals surface area contributed by atoms with Crippen LogP contribution in [-0.4, -0.2) is 47.0 Å². The third-order valence-electron chi connectivity index (χ3n) is 4.29. The van der Waals surface area contributed by atoms with Gasteiger partial charge in [0.15, 0.2) is 23.0 Å². The Kier molecular flexibility index (Phi) is 7.98. The highest BCUT2D eigenvalue weighted by atomic mass is 16.5. The molecule has 7 heteroatoms. The Bertz CT molecular complexity index is 868. The Morgan fingerprint density at radius 3 is 1.80 bits per heavy atom. The molecule has 1 saturated heterocycles. The third-order valence-corrected chi connectivity index (χ3v) is 4.29. The summed E-state index contributed by atoms with van der Waals surface area (Å²) in [5.74, 6) is 3.07. The third kappa shape index (κ3) is 5.17. The van der Waals surface area contributed by atoms with Crippen molar-refractivity contribution in [2.45, 2.75) is 20.0 Å². The fraction of sp³-hybridized carbons (Fsp3) is 0.348. The summed E-state index contributed by atoms with van der Waals surface area (Å²) in [5.41, 5.74) is 1.31. The highest BCUT2D eigenvalue weighted by Crippen LogP contribution is 2.42. The monoisotopic (exact) mass is 415 g/mol. The van der Waals surface area contributed by atoms with E-state index in [4.69, 9.17) is 23.7 Å². The Balaban J connectivity index is 0.000000232. The number of anilines is 1. The lowest BCUT2D eigenvalue weighted by molar-refractivity contribution is -0.117. The van der Waals surface area contributed by atoms with Gasteiger partial charge in [0, 0.05) is 17.7 Å². The normalized spacial score (nSPS) is 12.6. The highest BCUT2D eigenvalue weighted by molar-refractivity contribution is 6.13. The van der Waals surface area contributed by atoms with Crippen molar-refractivity contribution in [1.29, 1.82) is 0 Å². The van der Waals surface area contributed by atoms with E-state index in [0.717, 1.165) is 11.5 Å². The number of para-hydroxylation sites is 2. The molecule has 1 aliphatic rings. The van der Waals surface area contributed by atoms with Gasteiger partial charge >= 0.3 is 0 Å². The molecule has 1 aliphatic heterocycles. The Morgan fingerprint density at radius 2 is 1.40 bits per heavy atom. The maximum Gasteiger partial charge on any atom is 0.255 e. The second kappa shape index (κ2) is 10.4. The molecule has 0 aliphatic carbocycles. The summed E-state index contributed by atoms with van der Waals surface area (Å²) >= 11 is 0. The molecule has 0 spiro atoms. The van der Waals surface area contributed by atoms with Crippen LogP contribution in [-0.2, 0) is 4.79 Å². The molecule has 0 saturated carbocycles. The van der Waals surface area contributed by atoms with Crippen LogP contribution in [0.1, 0.15) is 13.8 Å². The van der Waals surface area contributed by atoms with Crippen molar-refractivity contribution < 1.29 is 28.5 Å². The van der Waals surface area contributed by atoms with Crippen LogP contribution in [0.5, 0.6) is 28.7 Å². The van der Waals surface area contributed by atoms with Gasteiger partial charge in [0.1, 0.15) is 0 Å². The van der Waals surface area contributed by atoms with Crippen molar-refractivity contribution in [3.63, 3.8) is 0 Å². The maximum absolute atomic E-state index is 11.6. The lowest BCUT2D eigenvalue weighted by atomic mass is 10.1. The molecule has 2 aromatic rings. The van der Waals surface area contributed by atoms with E-state index in [9.17, 15) is 4.79 Å². The van der Waals surface area contributed by atoms with Gasteiger partial charge in [0.05, 0.1) is 46.8 Å². The van der Waals surface area contributed by atoms with Crippen LogP contribution in [0.25, 0.3) is 0 Å². The van der Waals surface area contributed by atoms with E-state index in [1.807, 2.05) is 38.1 Å². The average molecular weight is 415 g/mol. The van der Waals surface area contributed by atoms with E-state index in [2.05, 4.69) is 6.58 Å². The Morgan fingerprint density at radius 1 is 0.867 bits per heavy atom. The molecule has 1 heterocycles. The van der Waals surface area contributed by atoms with Crippen LogP contribution in [0.4, 0.5) is 5.69 Å². The lowest BCUT2D eigenvalue weighted by Crippen LogP contribution is -2.45. The molecule has 0 bridgehead atoms. The minimum Gasteiger partial charge on any atom is -0.493 e. The van der Waals surface area contributed by atoms with Crippen molar-refractivity contribution >= 4 is 11.6 Å². The minimum absolute atomic E-state index is 0.0794. The molecular formula is C23H29NO6. The lowest BCUT2D eigenvalue weighted by Gasteiger charge is -2.33. The zero-order valence-electron chi connectivity index (χ0n) is 18.4. The van der Waals surface area contributed by atoms with Gasteiger partial charge in [-0.05, 0) is 26.0 Å². The molecule has 0 unspecified atom stereocenters.